The SMILES string of the molecule is O=C(NCC1CCC1)N(CCCO)c1ccc(-c2cn[nH]c2)cc1. The van der Waals surface area contributed by atoms with Crippen LogP contribution in [0.25, 0.3) is 11.1 Å². The van der Waals surface area contributed by atoms with Crippen molar-refractivity contribution in [3.8, 4) is 11.1 Å². The molecule has 1 aromatic heterocycles. The fourth-order valence-electron chi connectivity index (χ4n) is 2.84. The number of aliphatic hydroxyl groups excluding tert-OH is 1. The van der Waals surface area contributed by atoms with E-state index in [9.17, 15) is 4.79 Å². The molecule has 128 valence electrons. The van der Waals surface area contributed by atoms with Gasteiger partial charge in [-0.25, -0.2) is 4.79 Å². The Kier molecular flexibility index (Phi) is 5.48. The quantitative estimate of drug-likeness (QED) is 0.731. The summed E-state index contributed by atoms with van der Waals surface area (Å²) in [5.41, 5.74) is 2.89. The summed E-state index contributed by atoms with van der Waals surface area (Å²) in [6.07, 6.45) is 7.84. The van der Waals surface area contributed by atoms with Gasteiger partial charge in [-0.3, -0.25) is 10.00 Å². The van der Waals surface area contributed by atoms with E-state index in [0.29, 0.717) is 18.9 Å². The van der Waals surface area contributed by atoms with Gasteiger partial charge in [0.05, 0.1) is 6.20 Å². The fraction of sp³-hybridized carbons (Fsp3) is 0.444. The van der Waals surface area contributed by atoms with Crippen molar-refractivity contribution in [2.24, 2.45) is 5.92 Å². The molecule has 6 heteroatoms. The number of amides is 2. The minimum Gasteiger partial charge on any atom is -0.396 e. The number of aromatic nitrogens is 2. The molecule has 2 amide bonds. The van der Waals surface area contributed by atoms with Crippen LogP contribution in [0.15, 0.2) is 36.7 Å². The van der Waals surface area contributed by atoms with Gasteiger partial charge in [-0.1, -0.05) is 18.6 Å². The molecule has 1 aromatic carbocycles. The lowest BCUT2D eigenvalue weighted by atomic mass is 9.85. The van der Waals surface area contributed by atoms with Gasteiger partial charge in [-0.2, -0.15) is 5.10 Å². The average molecular weight is 328 g/mol. The summed E-state index contributed by atoms with van der Waals surface area (Å²) in [6, 6.07) is 7.73. The maximum atomic E-state index is 12.5. The van der Waals surface area contributed by atoms with Crippen LogP contribution >= 0.6 is 0 Å². The first kappa shape index (κ1) is 16.5. The second kappa shape index (κ2) is 7.97. The van der Waals surface area contributed by atoms with E-state index < -0.39 is 0 Å². The highest BCUT2D eigenvalue weighted by Gasteiger charge is 2.20. The number of rotatable bonds is 7. The van der Waals surface area contributed by atoms with Crippen molar-refractivity contribution in [3.63, 3.8) is 0 Å². The number of aliphatic hydroxyl groups is 1. The standard InChI is InChI=1S/C18H24N4O2/c23-10-2-9-22(18(24)19-11-14-3-1-4-14)17-7-5-15(6-8-17)16-12-20-21-13-16/h5-8,12-14,23H,1-4,9-11H2,(H,19,24)(H,20,21). The summed E-state index contributed by atoms with van der Waals surface area (Å²) in [5.74, 6) is 0.622. The molecule has 1 aliphatic carbocycles. The zero-order valence-electron chi connectivity index (χ0n) is 13.7. The largest absolute Gasteiger partial charge is 0.396 e. The zero-order valence-corrected chi connectivity index (χ0v) is 13.7. The Morgan fingerprint density at radius 1 is 1.29 bits per heavy atom. The third kappa shape index (κ3) is 3.94. The first-order chi connectivity index (χ1) is 11.8. The van der Waals surface area contributed by atoms with E-state index in [2.05, 4.69) is 15.5 Å². The van der Waals surface area contributed by atoms with Gasteiger partial charge in [0.25, 0.3) is 0 Å². The van der Waals surface area contributed by atoms with Gasteiger partial charge >= 0.3 is 6.03 Å². The molecular weight excluding hydrogens is 304 g/mol. The Morgan fingerprint density at radius 2 is 2.08 bits per heavy atom. The second-order valence-corrected chi connectivity index (χ2v) is 6.25. The van der Waals surface area contributed by atoms with Gasteiger partial charge < -0.3 is 10.4 Å². The molecule has 0 saturated heterocycles. The number of urea groups is 1. The third-order valence-electron chi connectivity index (χ3n) is 4.56. The number of benzene rings is 1. The summed E-state index contributed by atoms with van der Waals surface area (Å²) in [5, 5.41) is 18.9. The average Bonchev–Trinajstić information content (AvgIpc) is 3.09. The van der Waals surface area contributed by atoms with Crippen LogP contribution < -0.4 is 10.2 Å². The number of carbonyl (C=O) groups is 1. The lowest BCUT2D eigenvalue weighted by Gasteiger charge is -2.28. The number of hydrogen-bond acceptors (Lipinski definition) is 3. The summed E-state index contributed by atoms with van der Waals surface area (Å²) in [4.78, 5) is 14.2. The molecule has 0 unspecified atom stereocenters. The summed E-state index contributed by atoms with van der Waals surface area (Å²) in [7, 11) is 0. The number of carbonyl (C=O) groups excluding carboxylic acids is 1. The van der Waals surface area contributed by atoms with Crippen molar-refractivity contribution in [1.29, 1.82) is 0 Å². The maximum absolute atomic E-state index is 12.5. The molecule has 0 radical (unpaired) electrons. The van der Waals surface area contributed by atoms with E-state index in [1.54, 1.807) is 11.1 Å². The van der Waals surface area contributed by atoms with Crippen molar-refractivity contribution in [2.45, 2.75) is 25.7 Å². The van der Waals surface area contributed by atoms with Gasteiger partial charge in [-0.15, -0.1) is 0 Å². The van der Waals surface area contributed by atoms with E-state index in [1.807, 2.05) is 30.5 Å². The molecule has 1 saturated carbocycles. The van der Waals surface area contributed by atoms with Crippen molar-refractivity contribution in [1.82, 2.24) is 15.5 Å². The number of anilines is 1. The monoisotopic (exact) mass is 328 g/mol. The highest BCUT2D eigenvalue weighted by molar-refractivity contribution is 5.92. The number of H-pyrrole nitrogens is 1. The Morgan fingerprint density at radius 3 is 2.67 bits per heavy atom. The topological polar surface area (TPSA) is 81.2 Å². The van der Waals surface area contributed by atoms with Gasteiger partial charge in [0.1, 0.15) is 0 Å². The van der Waals surface area contributed by atoms with Crippen LogP contribution in [0, 0.1) is 5.92 Å². The van der Waals surface area contributed by atoms with Crippen LogP contribution in [0.3, 0.4) is 0 Å². The second-order valence-electron chi connectivity index (χ2n) is 6.25. The Bertz CT molecular complexity index is 636. The van der Waals surface area contributed by atoms with Gasteiger partial charge in [-0.05, 0) is 42.9 Å². The molecule has 24 heavy (non-hydrogen) atoms. The van der Waals surface area contributed by atoms with E-state index in [0.717, 1.165) is 23.4 Å². The van der Waals surface area contributed by atoms with Crippen LogP contribution in [-0.2, 0) is 0 Å². The third-order valence-corrected chi connectivity index (χ3v) is 4.56. The van der Waals surface area contributed by atoms with Crippen LogP contribution in [0.1, 0.15) is 25.7 Å². The highest BCUT2D eigenvalue weighted by Crippen LogP contribution is 2.26. The fourth-order valence-corrected chi connectivity index (χ4v) is 2.84. The Labute approximate surface area is 141 Å². The number of aromatic amines is 1. The van der Waals surface area contributed by atoms with Gasteiger partial charge in [0, 0.05) is 37.1 Å². The number of nitrogens with zero attached hydrogens (tertiary/aromatic N) is 2. The molecule has 0 aliphatic heterocycles. The lowest BCUT2D eigenvalue weighted by molar-refractivity contribution is 0.236. The Hall–Kier alpha value is -2.34. The molecule has 0 spiro atoms. The minimum absolute atomic E-state index is 0.0690. The van der Waals surface area contributed by atoms with Crippen LogP contribution in [0.4, 0.5) is 10.5 Å². The lowest BCUT2D eigenvalue weighted by Crippen LogP contribution is -2.43. The maximum Gasteiger partial charge on any atom is 0.321 e. The van der Waals surface area contributed by atoms with Crippen molar-refractivity contribution in [2.75, 3.05) is 24.6 Å². The first-order valence-corrected chi connectivity index (χ1v) is 8.53. The van der Waals surface area contributed by atoms with E-state index in [1.165, 1.54) is 19.3 Å². The van der Waals surface area contributed by atoms with Crippen molar-refractivity contribution < 1.29 is 9.90 Å². The number of nitrogens with one attached hydrogen (secondary N) is 2. The van der Waals surface area contributed by atoms with E-state index >= 15 is 0 Å². The minimum atomic E-state index is -0.0913. The van der Waals surface area contributed by atoms with E-state index in [-0.39, 0.29) is 12.6 Å². The van der Waals surface area contributed by atoms with Gasteiger partial charge in [0.15, 0.2) is 0 Å². The normalized spacial score (nSPS) is 14.2. The van der Waals surface area contributed by atoms with Crippen LogP contribution in [0.2, 0.25) is 0 Å². The van der Waals surface area contributed by atoms with Gasteiger partial charge in [0.2, 0.25) is 0 Å². The zero-order chi connectivity index (χ0) is 16.8. The first-order valence-electron chi connectivity index (χ1n) is 8.53. The Balaban J connectivity index is 1.68. The molecule has 1 fully saturated rings. The molecule has 1 heterocycles. The predicted molar refractivity (Wildman–Crippen MR) is 93.8 cm³/mol. The molecule has 6 nitrogen and oxygen atoms in total. The number of hydrogen-bond donors (Lipinski definition) is 3. The van der Waals surface area contributed by atoms with Crippen molar-refractivity contribution in [3.05, 3.63) is 36.7 Å². The molecule has 3 N–H and O–H groups in total. The van der Waals surface area contributed by atoms with Crippen LogP contribution in [-0.4, -0.2) is 41.0 Å². The molecular formula is C18H24N4O2. The summed E-state index contributed by atoms with van der Waals surface area (Å²) >= 11 is 0. The molecule has 0 bridgehead atoms. The predicted octanol–water partition coefficient (Wildman–Crippen LogP) is 2.78. The summed E-state index contributed by atoms with van der Waals surface area (Å²) < 4.78 is 0. The molecule has 1 aliphatic rings. The molecule has 3 rings (SSSR count). The summed E-state index contributed by atoms with van der Waals surface area (Å²) in [6.45, 7) is 1.30. The smallest absolute Gasteiger partial charge is 0.321 e. The van der Waals surface area contributed by atoms with Crippen LogP contribution in [0.5, 0.6) is 0 Å². The molecule has 2 aromatic rings. The van der Waals surface area contributed by atoms with E-state index in [4.69, 9.17) is 5.11 Å². The molecule has 0 atom stereocenters. The highest BCUT2D eigenvalue weighted by atomic mass is 16.3. The van der Waals surface area contributed by atoms with Crippen molar-refractivity contribution >= 4 is 11.7 Å².